The average molecular weight is 385 g/mol. The van der Waals surface area contributed by atoms with Crippen LogP contribution in [0.4, 0.5) is 0 Å². The van der Waals surface area contributed by atoms with Gasteiger partial charge in [-0.05, 0) is 49.2 Å². The van der Waals surface area contributed by atoms with Gasteiger partial charge in [-0.15, -0.1) is 0 Å². The number of aromatic amines is 1. The van der Waals surface area contributed by atoms with Crippen molar-refractivity contribution in [1.82, 2.24) is 15.3 Å². The van der Waals surface area contributed by atoms with Gasteiger partial charge < -0.3 is 29.6 Å². The van der Waals surface area contributed by atoms with E-state index in [2.05, 4.69) is 15.3 Å². The van der Waals surface area contributed by atoms with E-state index in [1.54, 1.807) is 20.5 Å². The Kier molecular flexibility index (Phi) is 6.73. The summed E-state index contributed by atoms with van der Waals surface area (Å²) in [6.45, 7) is 3.40. The number of methoxy groups -OCH3 is 2. The number of aryl methyl sites for hydroxylation is 1. The Morgan fingerprint density at radius 2 is 1.89 bits per heavy atom. The lowest BCUT2D eigenvalue weighted by atomic mass is 10.1. The fourth-order valence-corrected chi connectivity index (χ4v) is 3.05. The third kappa shape index (κ3) is 4.74. The van der Waals surface area contributed by atoms with Crippen molar-refractivity contribution in [1.29, 1.82) is 0 Å². The first-order chi connectivity index (χ1) is 13.6. The minimum absolute atomic E-state index is 0.209. The first-order valence-electron chi connectivity index (χ1n) is 9.27. The molecule has 0 saturated heterocycles. The van der Waals surface area contributed by atoms with Crippen molar-refractivity contribution in [3.63, 3.8) is 0 Å². The summed E-state index contributed by atoms with van der Waals surface area (Å²) in [5, 5.41) is 13.4. The molecule has 0 aliphatic heterocycles. The molecule has 1 unspecified atom stereocenters. The zero-order valence-corrected chi connectivity index (χ0v) is 16.5. The maximum absolute atomic E-state index is 10.2. The van der Waals surface area contributed by atoms with E-state index in [1.165, 1.54) is 0 Å². The van der Waals surface area contributed by atoms with Crippen LogP contribution < -0.4 is 19.5 Å². The van der Waals surface area contributed by atoms with E-state index in [1.807, 2.05) is 37.3 Å². The standard InChI is InChI=1S/C21H27N3O4/c1-14-4-6-18(21-20(14)23-13-24-21)28-12-16(25)11-22-9-8-15-5-7-17(26-2)19(10-15)27-3/h4-7,10,13,16,22,25H,8-9,11-12H2,1-3H3,(H,23,24). The van der Waals surface area contributed by atoms with Crippen LogP contribution in [0.2, 0.25) is 0 Å². The first kappa shape index (κ1) is 20.0. The van der Waals surface area contributed by atoms with Crippen molar-refractivity contribution in [2.45, 2.75) is 19.4 Å². The molecule has 0 bridgehead atoms. The summed E-state index contributed by atoms with van der Waals surface area (Å²) in [6, 6.07) is 9.73. The topological polar surface area (TPSA) is 88.6 Å². The van der Waals surface area contributed by atoms with Gasteiger partial charge in [-0.2, -0.15) is 0 Å². The summed E-state index contributed by atoms with van der Waals surface area (Å²) in [5.74, 6) is 2.13. The monoisotopic (exact) mass is 385 g/mol. The zero-order chi connectivity index (χ0) is 19.9. The molecule has 0 aliphatic carbocycles. The van der Waals surface area contributed by atoms with Gasteiger partial charge >= 0.3 is 0 Å². The molecule has 150 valence electrons. The molecule has 1 aromatic heterocycles. The lowest BCUT2D eigenvalue weighted by Crippen LogP contribution is -2.32. The fourth-order valence-electron chi connectivity index (χ4n) is 3.05. The summed E-state index contributed by atoms with van der Waals surface area (Å²) in [5.41, 5.74) is 3.96. The molecule has 3 N–H and O–H groups in total. The summed E-state index contributed by atoms with van der Waals surface area (Å²) < 4.78 is 16.3. The van der Waals surface area contributed by atoms with Crippen molar-refractivity contribution >= 4 is 11.0 Å². The molecule has 1 atom stereocenters. The van der Waals surface area contributed by atoms with Crippen LogP contribution >= 0.6 is 0 Å². The van der Waals surface area contributed by atoms with Crippen LogP contribution in [-0.2, 0) is 6.42 Å². The van der Waals surface area contributed by atoms with E-state index < -0.39 is 6.10 Å². The van der Waals surface area contributed by atoms with Crippen LogP contribution in [0.3, 0.4) is 0 Å². The number of imidazole rings is 1. The molecule has 1 heterocycles. The summed E-state index contributed by atoms with van der Waals surface area (Å²) in [6.07, 6.45) is 1.86. The zero-order valence-electron chi connectivity index (χ0n) is 16.5. The van der Waals surface area contributed by atoms with Crippen molar-refractivity contribution < 1.29 is 19.3 Å². The number of H-pyrrole nitrogens is 1. The number of rotatable bonds is 10. The number of aromatic nitrogens is 2. The largest absolute Gasteiger partial charge is 0.493 e. The number of benzene rings is 2. The molecule has 0 amide bonds. The maximum atomic E-state index is 10.2. The molecule has 0 aliphatic rings. The molecule has 0 radical (unpaired) electrons. The number of hydrogen-bond acceptors (Lipinski definition) is 6. The molecule has 7 nitrogen and oxygen atoms in total. The molecule has 28 heavy (non-hydrogen) atoms. The second-order valence-corrected chi connectivity index (χ2v) is 6.62. The lowest BCUT2D eigenvalue weighted by Gasteiger charge is -2.14. The summed E-state index contributed by atoms with van der Waals surface area (Å²) in [4.78, 5) is 7.38. The van der Waals surface area contributed by atoms with Crippen molar-refractivity contribution in [2.75, 3.05) is 33.9 Å². The Morgan fingerprint density at radius 3 is 2.68 bits per heavy atom. The smallest absolute Gasteiger partial charge is 0.160 e. The molecule has 0 fully saturated rings. The average Bonchev–Trinajstić information content (AvgIpc) is 3.21. The van der Waals surface area contributed by atoms with Crippen molar-refractivity contribution in [2.24, 2.45) is 0 Å². The van der Waals surface area contributed by atoms with Gasteiger partial charge in [0, 0.05) is 6.54 Å². The van der Waals surface area contributed by atoms with Gasteiger partial charge in [-0.1, -0.05) is 12.1 Å². The molecular weight excluding hydrogens is 358 g/mol. The van der Waals surface area contributed by atoms with E-state index in [0.29, 0.717) is 18.0 Å². The number of aliphatic hydroxyl groups excluding tert-OH is 1. The third-order valence-corrected chi connectivity index (χ3v) is 4.59. The third-order valence-electron chi connectivity index (χ3n) is 4.59. The van der Waals surface area contributed by atoms with Gasteiger partial charge in [-0.3, -0.25) is 0 Å². The normalized spacial score (nSPS) is 12.1. The number of fused-ring (bicyclic) bond motifs is 1. The van der Waals surface area contributed by atoms with Gasteiger partial charge in [0.1, 0.15) is 24.0 Å². The molecule has 0 saturated carbocycles. The van der Waals surface area contributed by atoms with Gasteiger partial charge in [-0.25, -0.2) is 4.98 Å². The quantitative estimate of drug-likeness (QED) is 0.465. The molecule has 7 heteroatoms. The number of aliphatic hydroxyl groups is 1. The van der Waals surface area contributed by atoms with Crippen LogP contribution in [-0.4, -0.2) is 55.1 Å². The SMILES string of the molecule is COc1ccc(CCNCC(O)COc2ccc(C)c3nc[nH]c23)cc1OC. The van der Waals surface area contributed by atoms with E-state index in [9.17, 15) is 5.11 Å². The van der Waals surface area contributed by atoms with Crippen LogP contribution in [0.25, 0.3) is 11.0 Å². The predicted octanol–water partition coefficient (Wildman–Crippen LogP) is 2.46. The van der Waals surface area contributed by atoms with Crippen LogP contribution in [0.5, 0.6) is 17.2 Å². The molecule has 0 spiro atoms. The second-order valence-electron chi connectivity index (χ2n) is 6.62. The van der Waals surface area contributed by atoms with Crippen LogP contribution in [0.1, 0.15) is 11.1 Å². The number of ether oxygens (including phenoxy) is 3. The predicted molar refractivity (Wildman–Crippen MR) is 108 cm³/mol. The Morgan fingerprint density at radius 1 is 1.11 bits per heavy atom. The Labute approximate surface area is 164 Å². The molecule has 2 aromatic carbocycles. The minimum Gasteiger partial charge on any atom is -0.493 e. The van der Waals surface area contributed by atoms with Crippen LogP contribution in [0.15, 0.2) is 36.7 Å². The van der Waals surface area contributed by atoms with Gasteiger partial charge in [0.25, 0.3) is 0 Å². The minimum atomic E-state index is -0.607. The Bertz CT molecular complexity index is 910. The van der Waals surface area contributed by atoms with Crippen LogP contribution in [0, 0.1) is 6.92 Å². The Hall–Kier alpha value is -2.77. The van der Waals surface area contributed by atoms with Crippen molar-refractivity contribution in [3.05, 3.63) is 47.8 Å². The molecule has 3 rings (SSSR count). The summed E-state index contributed by atoms with van der Waals surface area (Å²) >= 11 is 0. The number of nitrogens with zero attached hydrogens (tertiary/aromatic N) is 1. The summed E-state index contributed by atoms with van der Waals surface area (Å²) in [7, 11) is 3.25. The van der Waals surface area contributed by atoms with Crippen molar-refractivity contribution in [3.8, 4) is 17.2 Å². The highest BCUT2D eigenvalue weighted by molar-refractivity contribution is 5.84. The number of nitrogens with one attached hydrogen (secondary N) is 2. The highest BCUT2D eigenvalue weighted by Crippen LogP contribution is 2.27. The van der Waals surface area contributed by atoms with Gasteiger partial charge in [0.2, 0.25) is 0 Å². The lowest BCUT2D eigenvalue weighted by molar-refractivity contribution is 0.107. The molecular formula is C21H27N3O4. The highest BCUT2D eigenvalue weighted by Gasteiger charge is 2.10. The highest BCUT2D eigenvalue weighted by atomic mass is 16.5. The Balaban J connectivity index is 1.43. The fraction of sp³-hybridized carbons (Fsp3) is 0.381. The van der Waals surface area contributed by atoms with E-state index in [4.69, 9.17) is 14.2 Å². The van der Waals surface area contributed by atoms with E-state index >= 15 is 0 Å². The maximum Gasteiger partial charge on any atom is 0.160 e. The van der Waals surface area contributed by atoms with Gasteiger partial charge in [0.05, 0.1) is 26.1 Å². The van der Waals surface area contributed by atoms with E-state index in [-0.39, 0.29) is 6.61 Å². The molecule has 3 aromatic rings. The number of hydrogen-bond donors (Lipinski definition) is 3. The van der Waals surface area contributed by atoms with E-state index in [0.717, 1.165) is 40.9 Å². The van der Waals surface area contributed by atoms with Gasteiger partial charge in [0.15, 0.2) is 11.5 Å². The first-order valence-corrected chi connectivity index (χ1v) is 9.27. The second kappa shape index (κ2) is 9.43.